The van der Waals surface area contributed by atoms with E-state index in [9.17, 15) is 4.79 Å². The Bertz CT molecular complexity index is 281. The molecule has 4 nitrogen and oxygen atoms in total. The Morgan fingerprint density at radius 2 is 2.11 bits per heavy atom. The van der Waals surface area contributed by atoms with E-state index in [1.807, 2.05) is 0 Å². The summed E-state index contributed by atoms with van der Waals surface area (Å²) < 4.78 is 5.41. The molecule has 0 bridgehead atoms. The van der Waals surface area contributed by atoms with Gasteiger partial charge in [0.25, 0.3) is 0 Å². The van der Waals surface area contributed by atoms with Gasteiger partial charge in [-0.05, 0) is 38.5 Å². The molecule has 110 valence electrons. The maximum atomic E-state index is 11.6. The first-order chi connectivity index (χ1) is 9.31. The molecule has 3 atom stereocenters. The van der Waals surface area contributed by atoms with E-state index in [1.165, 1.54) is 45.2 Å². The summed E-state index contributed by atoms with van der Waals surface area (Å²) >= 11 is 0. The lowest BCUT2D eigenvalue weighted by Gasteiger charge is -2.40. The quantitative estimate of drug-likeness (QED) is 0.740. The predicted octanol–water partition coefficient (Wildman–Crippen LogP) is 1.36. The number of carbonyl (C=O) groups excluding carboxylic acids is 1. The number of hydrogen-bond acceptors (Lipinski definition) is 2. The number of alkyl carbamates (subject to hydrolysis) is 1. The number of piperidine rings is 2. The molecule has 2 aliphatic heterocycles. The highest BCUT2D eigenvalue weighted by Crippen LogP contribution is 2.20. The van der Waals surface area contributed by atoms with E-state index in [0.717, 1.165) is 25.4 Å². The zero-order valence-corrected chi connectivity index (χ0v) is 12.2. The van der Waals surface area contributed by atoms with Crippen LogP contribution in [0, 0.1) is 5.92 Å². The number of fused-ring (bicyclic) bond motifs is 1. The Morgan fingerprint density at radius 3 is 2.95 bits per heavy atom. The molecule has 0 radical (unpaired) electrons. The lowest BCUT2D eigenvalue weighted by Crippen LogP contribution is -3.18. The lowest BCUT2D eigenvalue weighted by molar-refractivity contribution is -0.940. The van der Waals surface area contributed by atoms with E-state index >= 15 is 0 Å². The Morgan fingerprint density at radius 1 is 1.26 bits per heavy atom. The summed E-state index contributed by atoms with van der Waals surface area (Å²) in [6.07, 6.45) is 8.47. The van der Waals surface area contributed by atoms with Crippen LogP contribution in [0.4, 0.5) is 4.79 Å². The Kier molecular flexibility index (Phi) is 5.95. The number of amides is 1. The molecule has 19 heavy (non-hydrogen) atoms. The second-order valence-corrected chi connectivity index (χ2v) is 6.04. The van der Waals surface area contributed by atoms with E-state index in [4.69, 9.17) is 4.74 Å². The molecule has 0 aromatic carbocycles. The monoisotopic (exact) mass is 269 g/mol. The van der Waals surface area contributed by atoms with Crippen LogP contribution in [0.1, 0.15) is 51.9 Å². The molecule has 2 aliphatic rings. The van der Waals surface area contributed by atoms with Crippen LogP contribution >= 0.6 is 0 Å². The van der Waals surface area contributed by atoms with Gasteiger partial charge in [-0.1, -0.05) is 13.3 Å². The fraction of sp³-hybridized carbons (Fsp3) is 0.933. The van der Waals surface area contributed by atoms with Crippen molar-refractivity contribution in [3.05, 3.63) is 0 Å². The van der Waals surface area contributed by atoms with Crippen molar-refractivity contribution in [2.45, 2.75) is 57.9 Å². The van der Waals surface area contributed by atoms with Crippen molar-refractivity contribution >= 4 is 6.09 Å². The molecule has 4 heteroatoms. The fourth-order valence-electron chi connectivity index (χ4n) is 3.58. The van der Waals surface area contributed by atoms with Gasteiger partial charge in [-0.15, -0.1) is 0 Å². The standard InChI is InChI=1S/C15H28N2O2/c1-2-3-9-16-15(18)19-12-13-7-6-11-17-10-5-4-8-14(13)17/h13-14H,2-12H2,1H3,(H,16,18)/p+1/t13-,14+/m0/s1. The first-order valence-electron chi connectivity index (χ1n) is 8.06. The van der Waals surface area contributed by atoms with Gasteiger partial charge in [-0.3, -0.25) is 0 Å². The Labute approximate surface area is 116 Å². The number of hydrogen-bond donors (Lipinski definition) is 2. The van der Waals surface area contributed by atoms with Crippen molar-refractivity contribution in [1.29, 1.82) is 0 Å². The number of unbranched alkanes of at least 4 members (excludes halogenated alkanes) is 1. The van der Waals surface area contributed by atoms with Crippen molar-refractivity contribution in [3.63, 3.8) is 0 Å². The van der Waals surface area contributed by atoms with E-state index in [1.54, 1.807) is 4.90 Å². The maximum absolute atomic E-state index is 11.6. The Balaban J connectivity index is 1.70. The van der Waals surface area contributed by atoms with Gasteiger partial charge < -0.3 is 15.0 Å². The van der Waals surface area contributed by atoms with Gasteiger partial charge in [0.2, 0.25) is 0 Å². The first-order valence-corrected chi connectivity index (χ1v) is 8.06. The molecule has 0 aliphatic carbocycles. The highest BCUT2D eigenvalue weighted by molar-refractivity contribution is 5.67. The largest absolute Gasteiger partial charge is 0.449 e. The average Bonchev–Trinajstić information content (AvgIpc) is 2.45. The van der Waals surface area contributed by atoms with Crippen molar-refractivity contribution < 1.29 is 14.4 Å². The zero-order chi connectivity index (χ0) is 13.5. The van der Waals surface area contributed by atoms with Gasteiger partial charge >= 0.3 is 6.09 Å². The fourth-order valence-corrected chi connectivity index (χ4v) is 3.58. The van der Waals surface area contributed by atoms with E-state index < -0.39 is 0 Å². The van der Waals surface area contributed by atoms with Crippen molar-refractivity contribution in [2.24, 2.45) is 5.92 Å². The number of rotatable bonds is 5. The normalized spacial score (nSPS) is 30.5. The van der Waals surface area contributed by atoms with Gasteiger partial charge in [-0.2, -0.15) is 0 Å². The van der Waals surface area contributed by atoms with Crippen LogP contribution in [0.2, 0.25) is 0 Å². The molecule has 2 N–H and O–H groups in total. The summed E-state index contributed by atoms with van der Waals surface area (Å²) in [6, 6.07) is 0.742. The third-order valence-corrected chi connectivity index (χ3v) is 4.66. The van der Waals surface area contributed by atoms with Crippen LogP contribution in [0.5, 0.6) is 0 Å². The van der Waals surface area contributed by atoms with Crippen LogP contribution in [0.15, 0.2) is 0 Å². The summed E-state index contributed by atoms with van der Waals surface area (Å²) in [5, 5.41) is 2.83. The second-order valence-electron chi connectivity index (χ2n) is 6.04. The minimum atomic E-state index is -0.226. The molecule has 1 unspecified atom stereocenters. The number of quaternary nitrogens is 1. The maximum Gasteiger partial charge on any atom is 0.407 e. The predicted molar refractivity (Wildman–Crippen MR) is 75.3 cm³/mol. The molecule has 0 aromatic heterocycles. The topological polar surface area (TPSA) is 42.8 Å². The van der Waals surface area contributed by atoms with Gasteiger partial charge in [-0.25, -0.2) is 4.79 Å². The molecular weight excluding hydrogens is 240 g/mol. The zero-order valence-electron chi connectivity index (χ0n) is 12.2. The number of carbonyl (C=O) groups is 1. The van der Waals surface area contributed by atoms with Gasteiger partial charge in [0.1, 0.15) is 6.61 Å². The second kappa shape index (κ2) is 7.73. The van der Waals surface area contributed by atoms with Gasteiger partial charge in [0, 0.05) is 12.5 Å². The molecular formula is C15H29N2O2+. The molecule has 0 spiro atoms. The average molecular weight is 269 g/mol. The first kappa shape index (κ1) is 14.6. The van der Waals surface area contributed by atoms with Gasteiger partial charge in [0.05, 0.1) is 19.1 Å². The highest BCUT2D eigenvalue weighted by atomic mass is 16.5. The molecule has 0 aromatic rings. The third kappa shape index (κ3) is 4.37. The summed E-state index contributed by atoms with van der Waals surface area (Å²) in [6.45, 7) is 6.12. The number of ether oxygens (including phenoxy) is 1. The summed E-state index contributed by atoms with van der Waals surface area (Å²) in [4.78, 5) is 13.3. The molecule has 1 amide bonds. The molecule has 2 heterocycles. The summed E-state index contributed by atoms with van der Waals surface area (Å²) in [5.41, 5.74) is 0. The highest BCUT2D eigenvalue weighted by Gasteiger charge is 2.37. The lowest BCUT2D eigenvalue weighted by atomic mass is 9.84. The third-order valence-electron chi connectivity index (χ3n) is 4.66. The van der Waals surface area contributed by atoms with E-state index in [-0.39, 0.29) is 6.09 Å². The van der Waals surface area contributed by atoms with Crippen molar-refractivity contribution in [3.8, 4) is 0 Å². The minimum absolute atomic E-state index is 0.226. The van der Waals surface area contributed by atoms with Crippen LogP contribution in [-0.2, 0) is 4.74 Å². The summed E-state index contributed by atoms with van der Waals surface area (Å²) in [5.74, 6) is 0.584. The van der Waals surface area contributed by atoms with Crippen molar-refractivity contribution in [1.82, 2.24) is 5.32 Å². The SMILES string of the molecule is CCCCNC(=O)OC[C@@H]1CCC[NH+]2CCCC[C@H]12. The molecule has 2 fully saturated rings. The Hall–Kier alpha value is -0.770. The molecule has 0 saturated carbocycles. The van der Waals surface area contributed by atoms with E-state index in [0.29, 0.717) is 12.5 Å². The number of nitrogens with one attached hydrogen (secondary N) is 2. The van der Waals surface area contributed by atoms with Crippen LogP contribution in [-0.4, -0.2) is 38.4 Å². The summed E-state index contributed by atoms with van der Waals surface area (Å²) in [7, 11) is 0. The molecule has 2 saturated heterocycles. The molecule has 2 rings (SSSR count). The van der Waals surface area contributed by atoms with Crippen molar-refractivity contribution in [2.75, 3.05) is 26.2 Å². The van der Waals surface area contributed by atoms with Crippen LogP contribution < -0.4 is 10.2 Å². The van der Waals surface area contributed by atoms with Gasteiger partial charge in [0.15, 0.2) is 0 Å². The van der Waals surface area contributed by atoms with Crippen LogP contribution in [0.25, 0.3) is 0 Å². The smallest absolute Gasteiger partial charge is 0.407 e. The van der Waals surface area contributed by atoms with E-state index in [2.05, 4.69) is 12.2 Å². The van der Waals surface area contributed by atoms with Crippen LogP contribution in [0.3, 0.4) is 0 Å². The minimum Gasteiger partial charge on any atom is -0.449 e.